The average Bonchev–Trinajstić information content (AvgIpc) is 2.98. The molecule has 4 heteroatoms. The molecule has 2 aliphatic rings. The number of hydrogen-bond acceptors (Lipinski definition) is 2. The number of benzene rings is 1. The van der Waals surface area contributed by atoms with Crippen molar-refractivity contribution in [2.24, 2.45) is 11.8 Å². The SMILES string of the molecule is O=C(NCc1cccc(Cl)c1)C1NCC2CCCC21. The van der Waals surface area contributed by atoms with Crippen molar-refractivity contribution >= 4 is 17.5 Å². The second-order valence-corrected chi connectivity index (χ2v) is 6.02. The van der Waals surface area contributed by atoms with Crippen LogP contribution in [0, 0.1) is 11.8 Å². The highest BCUT2D eigenvalue weighted by Crippen LogP contribution is 2.37. The first-order valence-corrected chi connectivity index (χ1v) is 7.37. The Labute approximate surface area is 118 Å². The van der Waals surface area contributed by atoms with E-state index >= 15 is 0 Å². The van der Waals surface area contributed by atoms with E-state index in [-0.39, 0.29) is 11.9 Å². The number of halogens is 1. The fourth-order valence-corrected chi connectivity index (χ4v) is 3.63. The number of amides is 1. The Kier molecular flexibility index (Phi) is 3.76. The maximum atomic E-state index is 12.2. The van der Waals surface area contributed by atoms with Crippen molar-refractivity contribution < 1.29 is 4.79 Å². The van der Waals surface area contributed by atoms with E-state index in [0.717, 1.165) is 12.1 Å². The lowest BCUT2D eigenvalue weighted by Gasteiger charge is -2.17. The van der Waals surface area contributed by atoms with Crippen LogP contribution in [-0.2, 0) is 11.3 Å². The van der Waals surface area contributed by atoms with Gasteiger partial charge in [-0.25, -0.2) is 0 Å². The summed E-state index contributed by atoms with van der Waals surface area (Å²) < 4.78 is 0. The minimum absolute atomic E-state index is 0.00619. The van der Waals surface area contributed by atoms with Crippen LogP contribution in [0.3, 0.4) is 0 Å². The molecule has 1 aliphatic carbocycles. The van der Waals surface area contributed by atoms with Gasteiger partial charge < -0.3 is 10.6 Å². The van der Waals surface area contributed by atoms with Crippen LogP contribution in [0.2, 0.25) is 5.02 Å². The molecule has 102 valence electrons. The van der Waals surface area contributed by atoms with E-state index in [2.05, 4.69) is 10.6 Å². The smallest absolute Gasteiger partial charge is 0.237 e. The van der Waals surface area contributed by atoms with Crippen molar-refractivity contribution in [3.63, 3.8) is 0 Å². The highest BCUT2D eigenvalue weighted by atomic mass is 35.5. The normalized spacial score (nSPS) is 29.2. The molecule has 19 heavy (non-hydrogen) atoms. The predicted octanol–water partition coefficient (Wildman–Crippen LogP) is 2.34. The van der Waals surface area contributed by atoms with E-state index in [1.165, 1.54) is 19.3 Å². The number of nitrogens with one attached hydrogen (secondary N) is 2. The van der Waals surface area contributed by atoms with Crippen LogP contribution >= 0.6 is 11.6 Å². The molecule has 0 radical (unpaired) electrons. The topological polar surface area (TPSA) is 41.1 Å². The Bertz CT molecular complexity index is 477. The third-order valence-electron chi connectivity index (χ3n) is 4.38. The molecular weight excluding hydrogens is 260 g/mol. The van der Waals surface area contributed by atoms with Gasteiger partial charge in [-0.15, -0.1) is 0 Å². The Morgan fingerprint density at radius 3 is 3.16 bits per heavy atom. The van der Waals surface area contributed by atoms with Gasteiger partial charge in [-0.3, -0.25) is 4.79 Å². The summed E-state index contributed by atoms with van der Waals surface area (Å²) in [4.78, 5) is 12.2. The van der Waals surface area contributed by atoms with Gasteiger partial charge in [0, 0.05) is 11.6 Å². The lowest BCUT2D eigenvalue weighted by atomic mass is 9.93. The van der Waals surface area contributed by atoms with E-state index in [4.69, 9.17) is 11.6 Å². The molecule has 3 rings (SSSR count). The van der Waals surface area contributed by atoms with Crippen LogP contribution in [0.25, 0.3) is 0 Å². The molecule has 1 aliphatic heterocycles. The minimum atomic E-state index is 0.00619. The molecule has 1 aromatic carbocycles. The van der Waals surface area contributed by atoms with Crippen LogP contribution in [0.15, 0.2) is 24.3 Å². The summed E-state index contributed by atoms with van der Waals surface area (Å²) in [6, 6.07) is 7.63. The second kappa shape index (κ2) is 5.51. The fraction of sp³-hybridized carbons (Fsp3) is 0.533. The third-order valence-corrected chi connectivity index (χ3v) is 4.62. The first-order valence-electron chi connectivity index (χ1n) is 6.99. The van der Waals surface area contributed by atoms with E-state index in [9.17, 15) is 4.79 Å². The molecule has 1 amide bonds. The standard InChI is InChI=1S/C15H19ClN2O/c16-12-5-1-3-10(7-12)8-18-15(19)14-13-6-2-4-11(13)9-17-14/h1,3,5,7,11,13-14,17H,2,4,6,8-9H2,(H,18,19). The maximum absolute atomic E-state index is 12.2. The molecule has 0 aromatic heterocycles. The summed E-state index contributed by atoms with van der Waals surface area (Å²) >= 11 is 5.94. The van der Waals surface area contributed by atoms with E-state index in [1.54, 1.807) is 0 Å². The predicted molar refractivity (Wildman–Crippen MR) is 75.9 cm³/mol. The van der Waals surface area contributed by atoms with Gasteiger partial charge in [0.2, 0.25) is 5.91 Å². The fourth-order valence-electron chi connectivity index (χ4n) is 3.42. The van der Waals surface area contributed by atoms with Crippen LogP contribution in [-0.4, -0.2) is 18.5 Å². The van der Waals surface area contributed by atoms with Crippen molar-refractivity contribution in [1.29, 1.82) is 0 Å². The number of fused-ring (bicyclic) bond motifs is 1. The highest BCUT2D eigenvalue weighted by Gasteiger charge is 2.42. The summed E-state index contributed by atoms with van der Waals surface area (Å²) in [7, 11) is 0. The molecule has 1 saturated heterocycles. The molecule has 1 saturated carbocycles. The van der Waals surface area contributed by atoms with Crippen LogP contribution in [0.4, 0.5) is 0 Å². The number of hydrogen-bond donors (Lipinski definition) is 2. The van der Waals surface area contributed by atoms with Gasteiger partial charge in [0.25, 0.3) is 0 Å². The monoisotopic (exact) mass is 278 g/mol. The van der Waals surface area contributed by atoms with Gasteiger partial charge in [0.05, 0.1) is 6.04 Å². The van der Waals surface area contributed by atoms with Gasteiger partial charge in [0.15, 0.2) is 0 Å². The van der Waals surface area contributed by atoms with Crippen molar-refractivity contribution in [2.75, 3.05) is 6.54 Å². The maximum Gasteiger partial charge on any atom is 0.237 e. The van der Waals surface area contributed by atoms with E-state index < -0.39 is 0 Å². The number of carbonyl (C=O) groups is 1. The van der Waals surface area contributed by atoms with Gasteiger partial charge in [-0.1, -0.05) is 30.2 Å². The van der Waals surface area contributed by atoms with Gasteiger partial charge in [-0.05, 0) is 48.9 Å². The third kappa shape index (κ3) is 2.77. The summed E-state index contributed by atoms with van der Waals surface area (Å²) in [6.07, 6.45) is 3.73. The average molecular weight is 279 g/mol. The molecule has 0 spiro atoms. The zero-order valence-electron chi connectivity index (χ0n) is 10.9. The summed E-state index contributed by atoms with van der Waals surface area (Å²) in [6.45, 7) is 1.55. The zero-order chi connectivity index (χ0) is 13.2. The molecule has 0 bridgehead atoms. The molecule has 2 fully saturated rings. The van der Waals surface area contributed by atoms with Crippen LogP contribution < -0.4 is 10.6 Å². The van der Waals surface area contributed by atoms with Crippen molar-refractivity contribution in [3.8, 4) is 0 Å². The molecule has 1 heterocycles. The van der Waals surface area contributed by atoms with Crippen molar-refractivity contribution in [3.05, 3.63) is 34.9 Å². The van der Waals surface area contributed by atoms with Gasteiger partial charge in [-0.2, -0.15) is 0 Å². The Morgan fingerprint density at radius 1 is 1.42 bits per heavy atom. The van der Waals surface area contributed by atoms with Gasteiger partial charge >= 0.3 is 0 Å². The molecule has 2 N–H and O–H groups in total. The van der Waals surface area contributed by atoms with Crippen LogP contribution in [0.1, 0.15) is 24.8 Å². The Balaban J connectivity index is 1.57. The van der Waals surface area contributed by atoms with E-state index in [0.29, 0.717) is 23.4 Å². The molecule has 3 nitrogen and oxygen atoms in total. The quantitative estimate of drug-likeness (QED) is 0.891. The number of rotatable bonds is 3. The first kappa shape index (κ1) is 12.9. The Hall–Kier alpha value is -1.06. The summed E-state index contributed by atoms with van der Waals surface area (Å²) in [5, 5.41) is 7.10. The first-order chi connectivity index (χ1) is 9.24. The van der Waals surface area contributed by atoms with Crippen molar-refractivity contribution in [2.45, 2.75) is 31.8 Å². The zero-order valence-corrected chi connectivity index (χ0v) is 11.6. The molecule has 1 aromatic rings. The van der Waals surface area contributed by atoms with Gasteiger partial charge in [0.1, 0.15) is 0 Å². The molecule has 3 atom stereocenters. The highest BCUT2D eigenvalue weighted by molar-refractivity contribution is 6.30. The molecule has 3 unspecified atom stereocenters. The largest absolute Gasteiger partial charge is 0.351 e. The van der Waals surface area contributed by atoms with Crippen LogP contribution in [0.5, 0.6) is 0 Å². The van der Waals surface area contributed by atoms with Crippen molar-refractivity contribution in [1.82, 2.24) is 10.6 Å². The Morgan fingerprint density at radius 2 is 2.32 bits per heavy atom. The number of carbonyl (C=O) groups excluding carboxylic acids is 1. The summed E-state index contributed by atoms with van der Waals surface area (Å²) in [5.41, 5.74) is 1.04. The summed E-state index contributed by atoms with van der Waals surface area (Å²) in [5.74, 6) is 1.38. The lowest BCUT2D eigenvalue weighted by Crippen LogP contribution is -2.43. The minimum Gasteiger partial charge on any atom is -0.351 e. The van der Waals surface area contributed by atoms with E-state index in [1.807, 2.05) is 24.3 Å². The lowest BCUT2D eigenvalue weighted by molar-refractivity contribution is -0.123. The molecular formula is C15H19ClN2O. The second-order valence-electron chi connectivity index (χ2n) is 5.59.